The highest BCUT2D eigenvalue weighted by molar-refractivity contribution is 7.13. The number of aromatic nitrogens is 1. The van der Waals surface area contributed by atoms with E-state index >= 15 is 0 Å². The molecule has 0 fully saturated rings. The van der Waals surface area contributed by atoms with Gasteiger partial charge in [-0.3, -0.25) is 8.75 Å². The van der Waals surface area contributed by atoms with Crippen LogP contribution in [-0.2, 0) is 6.54 Å². The fourth-order valence-corrected chi connectivity index (χ4v) is 3.59. The van der Waals surface area contributed by atoms with Crippen LogP contribution in [0.25, 0.3) is 10.1 Å². The lowest BCUT2D eigenvalue weighted by molar-refractivity contribution is 0.306. The van der Waals surface area contributed by atoms with Gasteiger partial charge < -0.3 is 4.74 Å². The first-order valence-corrected chi connectivity index (χ1v) is 8.86. The van der Waals surface area contributed by atoms with Gasteiger partial charge >= 0.3 is 0 Å². The maximum absolute atomic E-state index is 12.4. The van der Waals surface area contributed by atoms with E-state index in [2.05, 4.69) is 6.92 Å². The number of benzene rings is 2. The molecule has 0 N–H and O–H groups in total. The highest BCUT2D eigenvalue weighted by Gasteiger charge is 2.07. The fourth-order valence-electron chi connectivity index (χ4n) is 2.56. The van der Waals surface area contributed by atoms with E-state index in [1.165, 1.54) is 24.4 Å². The second kappa shape index (κ2) is 7.47. The smallest absolute Gasteiger partial charge is 0.268 e. The Morgan fingerprint density at radius 1 is 1.09 bits per heavy atom. The molecule has 1 heterocycles. The molecule has 120 valence electrons. The Morgan fingerprint density at radius 2 is 1.96 bits per heavy atom. The molecule has 1 aromatic heterocycles. The summed E-state index contributed by atoms with van der Waals surface area (Å²) in [7, 11) is 0. The molecule has 0 atom stereocenters. The fraction of sp³-hybridized carbons (Fsp3) is 0.316. The van der Waals surface area contributed by atoms with Crippen LogP contribution in [0.5, 0.6) is 5.75 Å². The molecule has 3 nitrogen and oxygen atoms in total. The minimum atomic E-state index is 0.0832. The van der Waals surface area contributed by atoms with Crippen molar-refractivity contribution in [2.75, 3.05) is 6.61 Å². The van der Waals surface area contributed by atoms with Gasteiger partial charge in [-0.2, -0.15) is 0 Å². The molecule has 0 aliphatic rings. The first-order chi connectivity index (χ1) is 11.3. The minimum absolute atomic E-state index is 0.0832. The summed E-state index contributed by atoms with van der Waals surface area (Å²) in [4.78, 5) is 12.4. The Hall–Kier alpha value is -2.07. The molecular weight excluding hydrogens is 306 g/mol. The lowest BCUT2D eigenvalue weighted by Crippen LogP contribution is -2.13. The van der Waals surface area contributed by atoms with E-state index in [1.54, 1.807) is 3.96 Å². The number of rotatable bonds is 7. The van der Waals surface area contributed by atoms with Crippen molar-refractivity contribution in [2.24, 2.45) is 0 Å². The van der Waals surface area contributed by atoms with Crippen LogP contribution in [0.3, 0.4) is 0 Å². The summed E-state index contributed by atoms with van der Waals surface area (Å²) in [5, 5.41) is 0.796. The number of hydrogen-bond acceptors (Lipinski definition) is 3. The maximum Gasteiger partial charge on any atom is 0.268 e. The number of ether oxygens (including phenoxy) is 1. The van der Waals surface area contributed by atoms with Crippen LogP contribution >= 0.6 is 11.5 Å². The monoisotopic (exact) mass is 327 g/mol. The first-order valence-electron chi connectivity index (χ1n) is 8.08. The second-order valence-electron chi connectivity index (χ2n) is 5.63. The highest BCUT2D eigenvalue weighted by Crippen LogP contribution is 2.19. The number of hydrogen-bond donors (Lipinski definition) is 0. The third-order valence-corrected chi connectivity index (χ3v) is 4.86. The van der Waals surface area contributed by atoms with E-state index in [0.29, 0.717) is 6.54 Å². The second-order valence-corrected chi connectivity index (χ2v) is 6.70. The van der Waals surface area contributed by atoms with Crippen LogP contribution in [0, 0.1) is 0 Å². The summed E-state index contributed by atoms with van der Waals surface area (Å²) in [5.74, 6) is 0.882. The van der Waals surface area contributed by atoms with Gasteiger partial charge in [-0.05, 0) is 36.2 Å². The summed E-state index contributed by atoms with van der Waals surface area (Å²) in [6.45, 7) is 3.52. The van der Waals surface area contributed by atoms with E-state index in [-0.39, 0.29) is 5.56 Å². The Morgan fingerprint density at radius 3 is 2.78 bits per heavy atom. The summed E-state index contributed by atoms with van der Waals surface area (Å²) in [6.07, 6.45) is 3.46. The van der Waals surface area contributed by atoms with E-state index in [9.17, 15) is 4.79 Å². The zero-order chi connectivity index (χ0) is 16.1. The van der Waals surface area contributed by atoms with Crippen molar-refractivity contribution < 1.29 is 4.74 Å². The summed E-state index contributed by atoms with van der Waals surface area (Å²) < 4.78 is 8.63. The Labute approximate surface area is 140 Å². The normalized spacial score (nSPS) is 11.0. The number of nitrogens with zero attached hydrogens (tertiary/aromatic N) is 1. The van der Waals surface area contributed by atoms with Gasteiger partial charge in [-0.15, -0.1) is 0 Å². The van der Waals surface area contributed by atoms with Crippen LogP contribution in [-0.4, -0.2) is 10.6 Å². The van der Waals surface area contributed by atoms with Gasteiger partial charge in [0.25, 0.3) is 5.56 Å². The lowest BCUT2D eigenvalue weighted by atomic mass is 10.2. The van der Waals surface area contributed by atoms with Crippen molar-refractivity contribution in [3.05, 3.63) is 64.4 Å². The van der Waals surface area contributed by atoms with E-state index in [4.69, 9.17) is 4.74 Å². The molecule has 0 spiro atoms. The Bertz CT molecular complexity index is 835. The highest BCUT2D eigenvalue weighted by atomic mass is 32.1. The molecule has 2 aromatic carbocycles. The van der Waals surface area contributed by atoms with Crippen molar-refractivity contribution >= 4 is 21.6 Å². The van der Waals surface area contributed by atoms with Gasteiger partial charge in [0.05, 0.1) is 23.2 Å². The number of unbranched alkanes of at least 4 members (excludes halogenated alkanes) is 2. The van der Waals surface area contributed by atoms with Crippen LogP contribution in [0.4, 0.5) is 0 Å². The van der Waals surface area contributed by atoms with Gasteiger partial charge in [-0.25, -0.2) is 0 Å². The molecule has 0 unspecified atom stereocenters. The van der Waals surface area contributed by atoms with Crippen LogP contribution < -0.4 is 10.3 Å². The topological polar surface area (TPSA) is 31.2 Å². The predicted molar refractivity (Wildman–Crippen MR) is 96.6 cm³/mol. The number of fused-ring (bicyclic) bond motifs is 1. The molecule has 0 radical (unpaired) electrons. The Balaban J connectivity index is 1.74. The molecule has 0 aliphatic heterocycles. The summed E-state index contributed by atoms with van der Waals surface area (Å²) in [5.41, 5.74) is 1.17. The van der Waals surface area contributed by atoms with E-state index < -0.39 is 0 Å². The van der Waals surface area contributed by atoms with Crippen molar-refractivity contribution in [1.29, 1.82) is 0 Å². The van der Waals surface area contributed by atoms with Crippen molar-refractivity contribution in [1.82, 2.24) is 3.96 Å². The van der Waals surface area contributed by atoms with Gasteiger partial charge in [0.2, 0.25) is 0 Å². The molecule has 3 rings (SSSR count). The molecule has 0 amide bonds. The zero-order valence-electron chi connectivity index (χ0n) is 13.3. The molecule has 0 saturated carbocycles. The van der Waals surface area contributed by atoms with Crippen molar-refractivity contribution in [2.45, 2.75) is 32.7 Å². The van der Waals surface area contributed by atoms with Gasteiger partial charge in [0, 0.05) is 0 Å². The summed E-state index contributed by atoms with van der Waals surface area (Å²) in [6, 6.07) is 15.8. The van der Waals surface area contributed by atoms with E-state index in [0.717, 1.165) is 34.4 Å². The zero-order valence-corrected chi connectivity index (χ0v) is 14.1. The van der Waals surface area contributed by atoms with Crippen molar-refractivity contribution in [3.8, 4) is 5.75 Å². The molecule has 0 aliphatic carbocycles. The maximum atomic E-state index is 12.4. The molecule has 3 aromatic rings. The van der Waals surface area contributed by atoms with E-state index in [1.807, 2.05) is 48.5 Å². The largest absolute Gasteiger partial charge is 0.494 e. The quantitative estimate of drug-likeness (QED) is 0.590. The van der Waals surface area contributed by atoms with Crippen molar-refractivity contribution in [3.63, 3.8) is 0 Å². The summed E-state index contributed by atoms with van der Waals surface area (Å²) >= 11 is 1.51. The van der Waals surface area contributed by atoms with Crippen LogP contribution in [0.1, 0.15) is 31.7 Å². The predicted octanol–water partition coefficient (Wildman–Crippen LogP) is 4.68. The molecular formula is C19H21NO2S. The third-order valence-electron chi connectivity index (χ3n) is 3.79. The SMILES string of the molecule is CCCCCOc1cccc(Cn2sc3ccccc3c2=O)c1. The van der Waals surface area contributed by atoms with Crippen LogP contribution in [0.15, 0.2) is 53.3 Å². The van der Waals surface area contributed by atoms with Gasteiger partial charge in [-0.1, -0.05) is 55.6 Å². The lowest BCUT2D eigenvalue weighted by Gasteiger charge is -2.08. The average molecular weight is 327 g/mol. The average Bonchev–Trinajstić information content (AvgIpc) is 2.89. The van der Waals surface area contributed by atoms with Gasteiger partial charge in [0.1, 0.15) is 5.75 Å². The first kappa shape index (κ1) is 15.8. The molecule has 23 heavy (non-hydrogen) atoms. The van der Waals surface area contributed by atoms with Crippen LogP contribution in [0.2, 0.25) is 0 Å². The third kappa shape index (κ3) is 3.82. The molecule has 0 saturated heterocycles. The minimum Gasteiger partial charge on any atom is -0.494 e. The molecule has 0 bridgehead atoms. The standard InChI is InChI=1S/C19H21NO2S/c1-2-3-6-12-22-16-9-7-8-15(13-16)14-20-19(21)17-10-4-5-11-18(17)23-20/h4-5,7-11,13H,2-3,6,12,14H2,1H3. The molecule has 4 heteroatoms. The van der Waals surface area contributed by atoms with Gasteiger partial charge in [0.15, 0.2) is 0 Å². The Kier molecular flexibility index (Phi) is 5.13.